The smallest absolute Gasteiger partial charge is 0.167 e. The number of Topliss-reactive ketones (excluding diaryl/α,β-unsaturated/α-hetero) is 1. The molecular weight excluding hydrogens is 338 g/mol. The fraction of sp³-hybridized carbons (Fsp3) is 0.0714. The Balaban J connectivity index is 2.20. The molecule has 0 unspecified atom stereocenters. The van der Waals surface area contributed by atoms with Gasteiger partial charge in [-0.15, -0.1) is 0 Å². The predicted octanol–water partition coefficient (Wildman–Crippen LogP) is 4.81. The normalized spacial score (nSPS) is 10.5. The van der Waals surface area contributed by atoms with E-state index in [4.69, 9.17) is 11.6 Å². The summed E-state index contributed by atoms with van der Waals surface area (Å²) in [6, 6.07) is 8.17. The molecule has 0 bridgehead atoms. The minimum Gasteiger partial charge on any atom is -0.294 e. The van der Waals surface area contributed by atoms with Gasteiger partial charge < -0.3 is 0 Å². The molecule has 1 nitrogen and oxygen atoms in total. The third-order valence-corrected chi connectivity index (χ3v) is 3.49. The van der Waals surface area contributed by atoms with Crippen molar-refractivity contribution >= 4 is 33.3 Å². The SMILES string of the molecule is O=C(Cc1ccc(F)c(Br)c1)c1ccc(F)c(Cl)c1. The van der Waals surface area contributed by atoms with Crippen molar-refractivity contribution in [3.05, 3.63) is 68.7 Å². The van der Waals surface area contributed by atoms with Crippen LogP contribution in [0.4, 0.5) is 8.78 Å². The van der Waals surface area contributed by atoms with Crippen LogP contribution < -0.4 is 0 Å². The van der Waals surface area contributed by atoms with Gasteiger partial charge in [-0.25, -0.2) is 8.78 Å². The Morgan fingerprint density at radius 1 is 1.11 bits per heavy atom. The lowest BCUT2D eigenvalue weighted by Gasteiger charge is -2.04. The van der Waals surface area contributed by atoms with Crippen LogP contribution in [0.3, 0.4) is 0 Å². The highest BCUT2D eigenvalue weighted by molar-refractivity contribution is 9.10. The summed E-state index contributed by atoms with van der Waals surface area (Å²) < 4.78 is 26.4. The van der Waals surface area contributed by atoms with Crippen molar-refractivity contribution in [3.8, 4) is 0 Å². The number of halogens is 4. The summed E-state index contributed by atoms with van der Waals surface area (Å²) in [6.45, 7) is 0. The van der Waals surface area contributed by atoms with Crippen LogP contribution in [-0.4, -0.2) is 5.78 Å². The zero-order valence-electron chi connectivity index (χ0n) is 9.59. The standard InChI is InChI=1S/C14H8BrClF2O/c15-10-5-8(1-3-12(10)17)6-14(19)9-2-4-13(18)11(16)7-9/h1-5,7H,6H2. The number of benzene rings is 2. The molecule has 2 aromatic carbocycles. The summed E-state index contributed by atoms with van der Waals surface area (Å²) in [6.07, 6.45) is 0.0981. The van der Waals surface area contributed by atoms with Crippen molar-refractivity contribution in [2.24, 2.45) is 0 Å². The Morgan fingerprint density at radius 2 is 1.79 bits per heavy atom. The van der Waals surface area contributed by atoms with E-state index in [-0.39, 0.29) is 23.0 Å². The molecule has 0 aliphatic rings. The van der Waals surface area contributed by atoms with Crippen LogP contribution in [-0.2, 0) is 6.42 Å². The van der Waals surface area contributed by atoms with E-state index in [0.717, 1.165) is 6.07 Å². The van der Waals surface area contributed by atoms with Crippen molar-refractivity contribution in [1.82, 2.24) is 0 Å². The zero-order valence-corrected chi connectivity index (χ0v) is 11.9. The van der Waals surface area contributed by atoms with Crippen molar-refractivity contribution in [1.29, 1.82) is 0 Å². The van der Waals surface area contributed by atoms with Gasteiger partial charge in [-0.05, 0) is 51.8 Å². The molecule has 5 heteroatoms. The summed E-state index contributed by atoms with van der Waals surface area (Å²) in [5.74, 6) is -1.16. The number of ketones is 1. The second-order valence-electron chi connectivity index (χ2n) is 3.98. The Bertz CT molecular complexity index is 643. The Labute approximate surface area is 122 Å². The van der Waals surface area contributed by atoms with Gasteiger partial charge in [0.25, 0.3) is 0 Å². The molecule has 0 atom stereocenters. The lowest BCUT2D eigenvalue weighted by Crippen LogP contribution is -2.04. The van der Waals surface area contributed by atoms with Crippen LogP contribution in [0.25, 0.3) is 0 Å². The first-order valence-electron chi connectivity index (χ1n) is 5.39. The molecule has 2 rings (SSSR count). The molecule has 0 aromatic heterocycles. The molecule has 2 aromatic rings. The van der Waals surface area contributed by atoms with E-state index in [0.29, 0.717) is 15.6 Å². The van der Waals surface area contributed by atoms with Crippen LogP contribution in [0.15, 0.2) is 40.9 Å². The molecule has 0 amide bonds. The van der Waals surface area contributed by atoms with Crippen molar-refractivity contribution < 1.29 is 13.6 Å². The Hall–Kier alpha value is -1.26. The van der Waals surface area contributed by atoms with Gasteiger partial charge in [0.15, 0.2) is 5.78 Å². The molecular formula is C14H8BrClF2O. The van der Waals surface area contributed by atoms with Crippen LogP contribution in [0.1, 0.15) is 15.9 Å². The Kier molecular flexibility index (Phi) is 4.32. The van der Waals surface area contributed by atoms with Crippen LogP contribution in [0.2, 0.25) is 5.02 Å². The number of hydrogen-bond acceptors (Lipinski definition) is 1. The fourth-order valence-corrected chi connectivity index (χ4v) is 2.21. The van der Waals surface area contributed by atoms with Crippen LogP contribution in [0, 0.1) is 11.6 Å². The van der Waals surface area contributed by atoms with E-state index < -0.39 is 5.82 Å². The molecule has 0 aliphatic carbocycles. The van der Waals surface area contributed by atoms with Gasteiger partial charge in [0.05, 0.1) is 9.50 Å². The summed E-state index contributed by atoms with van der Waals surface area (Å²) >= 11 is 8.68. The van der Waals surface area contributed by atoms with Gasteiger partial charge in [0, 0.05) is 12.0 Å². The first kappa shape index (κ1) is 14.2. The quantitative estimate of drug-likeness (QED) is 0.730. The first-order valence-corrected chi connectivity index (χ1v) is 6.56. The minimum absolute atomic E-state index is 0.0915. The maximum atomic E-state index is 13.1. The summed E-state index contributed by atoms with van der Waals surface area (Å²) in [5, 5.41) is -0.0915. The number of hydrogen-bond donors (Lipinski definition) is 0. The van der Waals surface area contributed by atoms with Crippen molar-refractivity contribution in [2.45, 2.75) is 6.42 Å². The average molecular weight is 346 g/mol. The number of carbonyl (C=O) groups is 1. The molecule has 0 saturated heterocycles. The lowest BCUT2D eigenvalue weighted by atomic mass is 10.0. The fourth-order valence-electron chi connectivity index (χ4n) is 1.61. The molecule has 98 valence electrons. The van der Waals surface area contributed by atoms with Crippen molar-refractivity contribution in [2.75, 3.05) is 0 Å². The van der Waals surface area contributed by atoms with Gasteiger partial charge in [-0.1, -0.05) is 17.7 Å². The number of rotatable bonds is 3. The van der Waals surface area contributed by atoms with Gasteiger partial charge in [-0.3, -0.25) is 4.79 Å². The van der Waals surface area contributed by atoms with Gasteiger partial charge in [0.2, 0.25) is 0 Å². The molecule has 0 spiro atoms. The molecule has 0 fully saturated rings. The summed E-state index contributed by atoms with van der Waals surface area (Å²) in [4.78, 5) is 12.0. The largest absolute Gasteiger partial charge is 0.294 e. The van der Waals surface area contributed by atoms with Crippen molar-refractivity contribution in [3.63, 3.8) is 0 Å². The molecule has 0 N–H and O–H groups in total. The monoisotopic (exact) mass is 344 g/mol. The summed E-state index contributed by atoms with van der Waals surface area (Å²) in [5.41, 5.74) is 0.991. The second kappa shape index (κ2) is 5.80. The van der Waals surface area contributed by atoms with Gasteiger partial charge in [-0.2, -0.15) is 0 Å². The molecule has 0 saturated carbocycles. The zero-order chi connectivity index (χ0) is 14.0. The van der Waals surface area contributed by atoms with E-state index in [1.54, 1.807) is 6.07 Å². The van der Waals surface area contributed by atoms with Crippen LogP contribution >= 0.6 is 27.5 Å². The molecule has 0 aliphatic heterocycles. The average Bonchev–Trinajstić information content (AvgIpc) is 2.37. The maximum Gasteiger partial charge on any atom is 0.167 e. The highest BCUT2D eigenvalue weighted by atomic mass is 79.9. The van der Waals surface area contributed by atoms with E-state index >= 15 is 0 Å². The predicted molar refractivity (Wildman–Crippen MR) is 73.5 cm³/mol. The van der Waals surface area contributed by atoms with E-state index in [1.165, 1.54) is 24.3 Å². The van der Waals surface area contributed by atoms with Gasteiger partial charge in [0.1, 0.15) is 11.6 Å². The van der Waals surface area contributed by atoms with Gasteiger partial charge >= 0.3 is 0 Å². The van der Waals surface area contributed by atoms with E-state index in [2.05, 4.69) is 15.9 Å². The van der Waals surface area contributed by atoms with E-state index in [1.807, 2.05) is 0 Å². The number of carbonyl (C=O) groups excluding carboxylic acids is 1. The topological polar surface area (TPSA) is 17.1 Å². The third-order valence-electron chi connectivity index (χ3n) is 2.59. The highest BCUT2D eigenvalue weighted by Crippen LogP contribution is 2.20. The molecule has 19 heavy (non-hydrogen) atoms. The minimum atomic E-state index is -0.567. The Morgan fingerprint density at radius 3 is 2.42 bits per heavy atom. The van der Waals surface area contributed by atoms with Crippen LogP contribution in [0.5, 0.6) is 0 Å². The molecule has 0 heterocycles. The second-order valence-corrected chi connectivity index (χ2v) is 5.24. The third kappa shape index (κ3) is 3.39. The lowest BCUT2D eigenvalue weighted by molar-refractivity contribution is 0.0993. The maximum absolute atomic E-state index is 13.1. The first-order chi connectivity index (χ1) is 8.97. The highest BCUT2D eigenvalue weighted by Gasteiger charge is 2.11. The molecule has 0 radical (unpaired) electrons. The summed E-state index contributed by atoms with van der Waals surface area (Å²) in [7, 11) is 0. The van der Waals surface area contributed by atoms with E-state index in [9.17, 15) is 13.6 Å².